The Morgan fingerprint density at radius 2 is 2.25 bits per heavy atom. The van der Waals surface area contributed by atoms with Gasteiger partial charge in [-0.15, -0.1) is 24.8 Å². The van der Waals surface area contributed by atoms with E-state index in [0.717, 1.165) is 25.8 Å². The van der Waals surface area contributed by atoms with Gasteiger partial charge in [-0.05, 0) is 25.2 Å². The lowest BCUT2D eigenvalue weighted by molar-refractivity contribution is -0.125. The second kappa shape index (κ2) is 9.21. The van der Waals surface area contributed by atoms with Crippen molar-refractivity contribution in [3.05, 3.63) is 18.7 Å². The highest BCUT2D eigenvalue weighted by atomic mass is 35.5. The van der Waals surface area contributed by atoms with Crippen LogP contribution in [0.15, 0.2) is 18.7 Å². The van der Waals surface area contributed by atoms with E-state index in [2.05, 4.69) is 17.2 Å². The highest BCUT2D eigenvalue weighted by Gasteiger charge is 2.27. The molecule has 1 aliphatic rings. The zero-order valence-corrected chi connectivity index (χ0v) is 13.3. The van der Waals surface area contributed by atoms with Gasteiger partial charge in [0.25, 0.3) is 0 Å². The Morgan fingerprint density at radius 3 is 2.80 bits per heavy atom. The third-order valence-corrected chi connectivity index (χ3v) is 3.55. The number of amides is 1. The van der Waals surface area contributed by atoms with E-state index in [0.29, 0.717) is 12.5 Å². The molecule has 7 heteroatoms. The molecular weight excluding hydrogens is 299 g/mol. The molecule has 1 amide bonds. The Kier molecular flexibility index (Phi) is 8.85. The lowest BCUT2D eigenvalue weighted by Gasteiger charge is -2.15. The predicted molar refractivity (Wildman–Crippen MR) is 84.2 cm³/mol. The molecule has 5 nitrogen and oxygen atoms in total. The van der Waals surface area contributed by atoms with Crippen molar-refractivity contribution in [3.8, 4) is 0 Å². The topological polar surface area (TPSA) is 72.9 Å². The Balaban J connectivity index is 0.00000180. The van der Waals surface area contributed by atoms with E-state index in [1.54, 1.807) is 12.5 Å². The number of aromatic nitrogens is 2. The molecule has 1 fully saturated rings. The minimum Gasteiger partial charge on any atom is -0.356 e. The van der Waals surface area contributed by atoms with Gasteiger partial charge in [-0.2, -0.15) is 0 Å². The standard InChI is InChI=1S/C13H22N4O.2ClH/c1-10(8-17-5-4-15-9-17)7-16-13(18)11-2-3-12(14)6-11;;/h4-5,9-12H,2-3,6-8,14H2,1H3,(H,16,18);2*1H. The zero-order valence-electron chi connectivity index (χ0n) is 11.7. The molecule has 0 spiro atoms. The van der Waals surface area contributed by atoms with Crippen LogP contribution in [0.25, 0.3) is 0 Å². The second-order valence-corrected chi connectivity index (χ2v) is 5.38. The number of imidazole rings is 1. The fourth-order valence-electron chi connectivity index (χ4n) is 2.49. The Bertz CT molecular complexity index is 386. The average Bonchev–Trinajstić information content (AvgIpc) is 2.97. The highest BCUT2D eigenvalue weighted by molar-refractivity contribution is 5.85. The Labute approximate surface area is 132 Å². The number of carbonyl (C=O) groups excluding carboxylic acids is 1. The van der Waals surface area contributed by atoms with E-state index in [-0.39, 0.29) is 42.7 Å². The maximum absolute atomic E-state index is 11.9. The van der Waals surface area contributed by atoms with Crippen LogP contribution >= 0.6 is 24.8 Å². The van der Waals surface area contributed by atoms with E-state index in [4.69, 9.17) is 5.73 Å². The summed E-state index contributed by atoms with van der Waals surface area (Å²) in [6, 6.07) is 0.212. The normalized spacial score (nSPS) is 22.5. The summed E-state index contributed by atoms with van der Waals surface area (Å²) < 4.78 is 2.03. The first kappa shape index (κ1) is 19.2. The van der Waals surface area contributed by atoms with Crippen LogP contribution in [0.2, 0.25) is 0 Å². The van der Waals surface area contributed by atoms with Crippen molar-refractivity contribution in [2.45, 2.75) is 38.8 Å². The maximum atomic E-state index is 11.9. The summed E-state index contributed by atoms with van der Waals surface area (Å²) in [4.78, 5) is 15.9. The summed E-state index contributed by atoms with van der Waals surface area (Å²) >= 11 is 0. The number of carbonyl (C=O) groups is 1. The number of hydrogen-bond donors (Lipinski definition) is 2. The molecule has 3 atom stereocenters. The van der Waals surface area contributed by atoms with Gasteiger partial charge in [-0.3, -0.25) is 4.79 Å². The molecular formula is C13H24Cl2N4O. The third kappa shape index (κ3) is 5.69. The van der Waals surface area contributed by atoms with E-state index >= 15 is 0 Å². The van der Waals surface area contributed by atoms with Crippen LogP contribution in [-0.2, 0) is 11.3 Å². The fourth-order valence-corrected chi connectivity index (χ4v) is 2.49. The first-order chi connectivity index (χ1) is 8.65. The van der Waals surface area contributed by atoms with Gasteiger partial charge in [0.15, 0.2) is 0 Å². The average molecular weight is 323 g/mol. The molecule has 0 bridgehead atoms. The van der Waals surface area contributed by atoms with Gasteiger partial charge in [-0.1, -0.05) is 6.92 Å². The van der Waals surface area contributed by atoms with Gasteiger partial charge in [0.05, 0.1) is 6.33 Å². The number of halogens is 2. The lowest BCUT2D eigenvalue weighted by Crippen LogP contribution is -2.34. The zero-order chi connectivity index (χ0) is 13.0. The lowest BCUT2D eigenvalue weighted by atomic mass is 10.1. The molecule has 3 unspecified atom stereocenters. The molecule has 0 aromatic carbocycles. The van der Waals surface area contributed by atoms with Crippen LogP contribution in [0.1, 0.15) is 26.2 Å². The molecule has 2 rings (SSSR count). The van der Waals surface area contributed by atoms with E-state index in [9.17, 15) is 4.79 Å². The van der Waals surface area contributed by atoms with Gasteiger partial charge in [0.2, 0.25) is 5.91 Å². The highest BCUT2D eigenvalue weighted by Crippen LogP contribution is 2.24. The van der Waals surface area contributed by atoms with Gasteiger partial charge in [0, 0.05) is 37.4 Å². The van der Waals surface area contributed by atoms with E-state index < -0.39 is 0 Å². The molecule has 1 aliphatic carbocycles. The number of nitrogens with two attached hydrogens (primary N) is 1. The van der Waals surface area contributed by atoms with Crippen molar-refractivity contribution in [1.29, 1.82) is 0 Å². The molecule has 116 valence electrons. The smallest absolute Gasteiger partial charge is 0.223 e. The summed E-state index contributed by atoms with van der Waals surface area (Å²) in [7, 11) is 0. The number of nitrogens with one attached hydrogen (secondary N) is 1. The van der Waals surface area contributed by atoms with Gasteiger partial charge >= 0.3 is 0 Å². The molecule has 0 saturated heterocycles. The predicted octanol–water partition coefficient (Wildman–Crippen LogP) is 1.61. The van der Waals surface area contributed by atoms with Crippen molar-refractivity contribution < 1.29 is 4.79 Å². The summed E-state index contributed by atoms with van der Waals surface area (Å²) in [6.07, 6.45) is 8.25. The molecule has 0 radical (unpaired) electrons. The minimum atomic E-state index is 0. The summed E-state index contributed by atoms with van der Waals surface area (Å²) in [5.41, 5.74) is 5.82. The molecule has 1 aromatic rings. The molecule has 1 saturated carbocycles. The van der Waals surface area contributed by atoms with Crippen LogP contribution in [0.3, 0.4) is 0 Å². The molecule has 3 N–H and O–H groups in total. The quantitative estimate of drug-likeness (QED) is 0.864. The van der Waals surface area contributed by atoms with Gasteiger partial charge in [-0.25, -0.2) is 4.98 Å². The first-order valence-corrected chi connectivity index (χ1v) is 6.64. The summed E-state index contributed by atoms with van der Waals surface area (Å²) in [5.74, 6) is 0.694. The number of rotatable bonds is 5. The second-order valence-electron chi connectivity index (χ2n) is 5.38. The van der Waals surface area contributed by atoms with Gasteiger partial charge < -0.3 is 15.6 Å². The van der Waals surface area contributed by atoms with Crippen molar-refractivity contribution in [3.63, 3.8) is 0 Å². The SMILES string of the molecule is CC(CNC(=O)C1CCC(N)C1)Cn1ccnc1.Cl.Cl. The van der Waals surface area contributed by atoms with Crippen LogP contribution in [0.5, 0.6) is 0 Å². The fraction of sp³-hybridized carbons (Fsp3) is 0.692. The van der Waals surface area contributed by atoms with Gasteiger partial charge in [0.1, 0.15) is 0 Å². The molecule has 20 heavy (non-hydrogen) atoms. The molecule has 1 heterocycles. The Hall–Kier alpha value is -0.780. The van der Waals surface area contributed by atoms with E-state index in [1.807, 2.05) is 10.8 Å². The minimum absolute atomic E-state index is 0. The Morgan fingerprint density at radius 1 is 1.50 bits per heavy atom. The van der Waals surface area contributed by atoms with Crippen molar-refractivity contribution in [2.75, 3.05) is 6.54 Å². The number of hydrogen-bond acceptors (Lipinski definition) is 3. The van der Waals surface area contributed by atoms with Crippen LogP contribution in [0.4, 0.5) is 0 Å². The van der Waals surface area contributed by atoms with Crippen LogP contribution in [-0.4, -0.2) is 28.0 Å². The van der Waals surface area contributed by atoms with Crippen molar-refractivity contribution >= 4 is 30.7 Å². The van der Waals surface area contributed by atoms with Crippen molar-refractivity contribution in [1.82, 2.24) is 14.9 Å². The molecule has 1 aromatic heterocycles. The summed E-state index contributed by atoms with van der Waals surface area (Å²) in [6.45, 7) is 3.72. The largest absolute Gasteiger partial charge is 0.356 e. The number of nitrogens with zero attached hydrogens (tertiary/aromatic N) is 2. The maximum Gasteiger partial charge on any atom is 0.223 e. The van der Waals surface area contributed by atoms with E-state index in [1.165, 1.54) is 0 Å². The molecule has 0 aliphatic heterocycles. The first-order valence-electron chi connectivity index (χ1n) is 6.64. The van der Waals surface area contributed by atoms with Crippen LogP contribution < -0.4 is 11.1 Å². The van der Waals surface area contributed by atoms with Crippen LogP contribution in [0, 0.1) is 11.8 Å². The van der Waals surface area contributed by atoms with Crippen molar-refractivity contribution in [2.24, 2.45) is 17.6 Å². The monoisotopic (exact) mass is 322 g/mol. The summed E-state index contributed by atoms with van der Waals surface area (Å²) in [5, 5.41) is 3.03. The third-order valence-electron chi connectivity index (χ3n) is 3.55.